The molecule has 9 heteroatoms. The van der Waals surface area contributed by atoms with Crippen molar-refractivity contribution in [3.05, 3.63) is 76.2 Å². The molecule has 1 aromatic heterocycles. The zero-order valence-corrected chi connectivity index (χ0v) is 20.6. The third-order valence-corrected chi connectivity index (χ3v) is 6.23. The van der Waals surface area contributed by atoms with E-state index in [-0.39, 0.29) is 23.7 Å². The molecular formula is C27H28F3N3O3. The molecule has 2 aromatic carbocycles. The number of aromatic nitrogens is 2. The summed E-state index contributed by atoms with van der Waals surface area (Å²) in [7, 11) is 0. The van der Waals surface area contributed by atoms with E-state index in [2.05, 4.69) is 10.1 Å². The van der Waals surface area contributed by atoms with Crippen molar-refractivity contribution in [2.75, 3.05) is 6.54 Å². The van der Waals surface area contributed by atoms with E-state index in [1.807, 2.05) is 19.9 Å². The normalized spacial score (nSPS) is 18.5. The third kappa shape index (κ3) is 5.36. The van der Waals surface area contributed by atoms with Crippen molar-refractivity contribution in [2.45, 2.75) is 58.3 Å². The minimum absolute atomic E-state index is 0.0374. The number of aryl methyl sites for hydroxylation is 1. The molecule has 0 fully saturated rings. The summed E-state index contributed by atoms with van der Waals surface area (Å²) < 4.78 is 51.0. The molecule has 1 aliphatic heterocycles. The average molecular weight is 500 g/mol. The molecule has 36 heavy (non-hydrogen) atoms. The molecule has 2 heterocycles. The predicted molar refractivity (Wildman–Crippen MR) is 129 cm³/mol. The summed E-state index contributed by atoms with van der Waals surface area (Å²) in [6.45, 7) is 6.64. The van der Waals surface area contributed by atoms with Gasteiger partial charge >= 0.3 is 5.97 Å². The average Bonchev–Trinajstić information content (AvgIpc) is 3.27. The fraction of sp³-hybridized carbons (Fsp3) is 0.370. The number of hydrogen-bond acceptors (Lipinski definition) is 5. The number of carboxylic acid groups (broad SMARTS) is 1. The second kappa shape index (κ2) is 9.89. The van der Waals surface area contributed by atoms with Crippen molar-refractivity contribution >= 4 is 12.0 Å². The summed E-state index contributed by atoms with van der Waals surface area (Å²) >= 11 is 0. The molecule has 0 amide bonds. The minimum Gasteiger partial charge on any atom is -0.478 e. The Balaban J connectivity index is 1.84. The zero-order valence-electron chi connectivity index (χ0n) is 20.6. The highest BCUT2D eigenvalue weighted by atomic mass is 19.1. The van der Waals surface area contributed by atoms with Gasteiger partial charge in [-0.1, -0.05) is 24.2 Å². The Morgan fingerprint density at radius 3 is 2.53 bits per heavy atom. The second-order valence-electron chi connectivity index (χ2n) is 9.70. The van der Waals surface area contributed by atoms with Crippen LogP contribution in [0, 0.1) is 11.6 Å². The fourth-order valence-electron chi connectivity index (χ4n) is 4.70. The van der Waals surface area contributed by atoms with Gasteiger partial charge < -0.3 is 9.63 Å². The summed E-state index contributed by atoms with van der Waals surface area (Å²) in [6.07, 6.45) is 3.07. The van der Waals surface area contributed by atoms with Crippen LogP contribution in [0.2, 0.25) is 0 Å². The van der Waals surface area contributed by atoms with Crippen LogP contribution in [0.25, 0.3) is 17.5 Å². The molecule has 0 aliphatic carbocycles. The van der Waals surface area contributed by atoms with Crippen LogP contribution >= 0.6 is 0 Å². The van der Waals surface area contributed by atoms with Crippen molar-refractivity contribution in [3.8, 4) is 11.4 Å². The second-order valence-corrected chi connectivity index (χ2v) is 9.70. The molecule has 3 aromatic rings. The van der Waals surface area contributed by atoms with Crippen LogP contribution in [0.5, 0.6) is 0 Å². The van der Waals surface area contributed by atoms with Crippen LogP contribution in [0.4, 0.5) is 13.2 Å². The number of aliphatic carboxylic acids is 1. The number of alkyl halides is 1. The summed E-state index contributed by atoms with van der Waals surface area (Å²) in [5, 5.41) is 12.9. The van der Waals surface area contributed by atoms with Crippen LogP contribution in [-0.2, 0) is 17.6 Å². The largest absolute Gasteiger partial charge is 0.478 e. The third-order valence-electron chi connectivity index (χ3n) is 6.23. The number of hydrogen-bond donors (Lipinski definition) is 1. The maximum Gasteiger partial charge on any atom is 0.328 e. The Morgan fingerprint density at radius 2 is 1.94 bits per heavy atom. The smallest absolute Gasteiger partial charge is 0.328 e. The molecule has 2 atom stereocenters. The molecule has 0 saturated carbocycles. The first-order valence-electron chi connectivity index (χ1n) is 11.8. The first kappa shape index (κ1) is 25.6. The summed E-state index contributed by atoms with van der Waals surface area (Å²) in [4.78, 5) is 17.0. The Morgan fingerprint density at radius 1 is 1.25 bits per heavy atom. The molecule has 0 unspecified atom stereocenters. The highest BCUT2D eigenvalue weighted by Gasteiger charge is 2.39. The Labute approximate surface area is 207 Å². The number of benzene rings is 2. The van der Waals surface area contributed by atoms with Crippen LogP contribution in [0.1, 0.15) is 61.9 Å². The van der Waals surface area contributed by atoms with E-state index in [0.717, 1.165) is 35.4 Å². The summed E-state index contributed by atoms with van der Waals surface area (Å²) in [5.74, 6) is -1.96. The Kier molecular flexibility index (Phi) is 7.04. The van der Waals surface area contributed by atoms with Gasteiger partial charge in [0.15, 0.2) is 0 Å². The first-order valence-corrected chi connectivity index (χ1v) is 11.8. The van der Waals surface area contributed by atoms with Gasteiger partial charge in [-0.05, 0) is 68.2 Å². The number of rotatable bonds is 7. The standard InChI is InChI=1S/C27H28F3N3O3/c1-5-22-31-26(32-36-22)17-7-8-19-18(13-17)10-15(2)33(14-27(3,4)30)25(19)24-20(28)11-16(12-21(24)29)6-9-23(34)35/h6-9,11-13,15,25H,5,10,14H2,1-4H3,(H,34,35)/b9-6+/t15-,25+/m1/s1. The maximum atomic E-state index is 15.5. The minimum atomic E-state index is -1.61. The van der Waals surface area contributed by atoms with E-state index in [9.17, 15) is 9.18 Å². The molecule has 0 bridgehead atoms. The molecule has 6 nitrogen and oxygen atoms in total. The lowest BCUT2D eigenvalue weighted by atomic mass is 9.83. The highest BCUT2D eigenvalue weighted by Crippen LogP contribution is 2.42. The Hall–Kier alpha value is -3.46. The van der Waals surface area contributed by atoms with Crippen LogP contribution in [0.15, 0.2) is 40.9 Å². The maximum absolute atomic E-state index is 15.5. The van der Waals surface area contributed by atoms with Crippen LogP contribution in [-0.4, -0.2) is 44.4 Å². The van der Waals surface area contributed by atoms with Gasteiger partial charge in [-0.3, -0.25) is 4.90 Å². The predicted octanol–water partition coefficient (Wildman–Crippen LogP) is 5.76. The van der Waals surface area contributed by atoms with Gasteiger partial charge in [0, 0.05) is 36.2 Å². The number of fused-ring (bicyclic) bond motifs is 1. The molecule has 0 spiro atoms. The zero-order chi connectivity index (χ0) is 26.2. The van der Waals surface area contributed by atoms with Gasteiger partial charge in [0.1, 0.15) is 17.3 Å². The van der Waals surface area contributed by atoms with Gasteiger partial charge in [0.05, 0.1) is 6.04 Å². The number of nitrogens with zero attached hydrogens (tertiary/aromatic N) is 3. The van der Waals surface area contributed by atoms with E-state index >= 15 is 8.78 Å². The number of carbonyl (C=O) groups is 1. The van der Waals surface area contributed by atoms with Crippen molar-refractivity contribution in [3.63, 3.8) is 0 Å². The lowest BCUT2D eigenvalue weighted by Crippen LogP contribution is -2.48. The van der Waals surface area contributed by atoms with Gasteiger partial charge in [-0.25, -0.2) is 18.0 Å². The monoisotopic (exact) mass is 499 g/mol. The van der Waals surface area contributed by atoms with E-state index in [0.29, 0.717) is 30.1 Å². The van der Waals surface area contributed by atoms with E-state index < -0.39 is 29.3 Å². The quantitative estimate of drug-likeness (QED) is 0.417. The topological polar surface area (TPSA) is 79.5 Å². The Bertz CT molecular complexity index is 1290. The van der Waals surface area contributed by atoms with Crippen molar-refractivity contribution in [1.82, 2.24) is 15.0 Å². The molecule has 1 N–H and O–H groups in total. The van der Waals surface area contributed by atoms with E-state index in [1.165, 1.54) is 13.8 Å². The number of carboxylic acids is 1. The van der Waals surface area contributed by atoms with Gasteiger partial charge in [0.2, 0.25) is 11.7 Å². The molecule has 190 valence electrons. The molecule has 0 saturated heterocycles. The SMILES string of the molecule is CCc1nc(-c2ccc3c(c2)C[C@@H](C)N(CC(C)(C)F)[C@@H]3c2c(F)cc(/C=C/C(=O)O)cc2F)no1. The molecule has 0 radical (unpaired) electrons. The lowest BCUT2D eigenvalue weighted by molar-refractivity contribution is -0.131. The highest BCUT2D eigenvalue weighted by molar-refractivity contribution is 5.85. The van der Waals surface area contributed by atoms with Crippen LogP contribution < -0.4 is 0 Å². The van der Waals surface area contributed by atoms with Crippen molar-refractivity contribution < 1.29 is 27.6 Å². The number of halogens is 3. The van der Waals surface area contributed by atoms with Crippen LogP contribution in [0.3, 0.4) is 0 Å². The fourth-order valence-corrected chi connectivity index (χ4v) is 4.70. The van der Waals surface area contributed by atoms with E-state index in [1.54, 1.807) is 17.0 Å². The first-order chi connectivity index (χ1) is 17.0. The van der Waals surface area contributed by atoms with E-state index in [4.69, 9.17) is 9.63 Å². The molecule has 1 aliphatic rings. The van der Waals surface area contributed by atoms with Gasteiger partial charge in [-0.15, -0.1) is 0 Å². The summed E-state index contributed by atoms with van der Waals surface area (Å²) in [6, 6.07) is 6.51. The van der Waals surface area contributed by atoms with Crippen molar-refractivity contribution in [2.24, 2.45) is 0 Å². The van der Waals surface area contributed by atoms with Gasteiger partial charge in [-0.2, -0.15) is 4.98 Å². The molecular weight excluding hydrogens is 471 g/mol. The lowest BCUT2D eigenvalue weighted by Gasteiger charge is -2.44. The summed E-state index contributed by atoms with van der Waals surface area (Å²) in [5.41, 5.74) is 0.498. The van der Waals surface area contributed by atoms with Crippen molar-refractivity contribution in [1.29, 1.82) is 0 Å². The van der Waals surface area contributed by atoms with Gasteiger partial charge in [0.25, 0.3) is 0 Å². The molecule has 4 rings (SSSR count).